The summed E-state index contributed by atoms with van der Waals surface area (Å²) in [7, 11) is 5.80. The van der Waals surface area contributed by atoms with Crippen molar-refractivity contribution in [3.05, 3.63) is 40.9 Å². The van der Waals surface area contributed by atoms with Crippen molar-refractivity contribution < 1.29 is 0 Å². The van der Waals surface area contributed by atoms with E-state index in [9.17, 15) is 0 Å². The Balaban J connectivity index is 2.88. The highest BCUT2D eigenvalue weighted by atomic mass is 79.9. The Morgan fingerprint density at radius 2 is 1.92 bits per heavy atom. The third-order valence-corrected chi connectivity index (χ3v) is 2.37. The predicted octanol–water partition coefficient (Wildman–Crippen LogP) is 2.40. The largest absolute Gasteiger partial charge is 0.114 e. The van der Waals surface area contributed by atoms with E-state index < -0.39 is 0 Å². The standard InChI is InChI=1S/C10H6BBr/c11-10-3-1-2-7-4-5-8(12)6-9(7)10/h1-6H. The molecule has 0 unspecified atom stereocenters. The van der Waals surface area contributed by atoms with Crippen LogP contribution in [0.15, 0.2) is 40.9 Å². The molecule has 0 aliphatic heterocycles. The van der Waals surface area contributed by atoms with Crippen molar-refractivity contribution >= 4 is 40.0 Å². The van der Waals surface area contributed by atoms with Gasteiger partial charge < -0.3 is 0 Å². The number of fused-ring (bicyclic) bond motifs is 1. The molecule has 0 spiro atoms. The Kier molecular flexibility index (Phi) is 1.93. The van der Waals surface area contributed by atoms with Gasteiger partial charge in [-0.3, -0.25) is 0 Å². The molecule has 0 heterocycles. The number of hydrogen-bond donors (Lipinski definition) is 0. The summed E-state index contributed by atoms with van der Waals surface area (Å²) in [5.41, 5.74) is 0.828. The second-order valence-corrected chi connectivity index (χ2v) is 3.63. The molecule has 0 fully saturated rings. The lowest BCUT2D eigenvalue weighted by atomic mass is 9.90. The van der Waals surface area contributed by atoms with Crippen molar-refractivity contribution in [1.82, 2.24) is 0 Å². The Morgan fingerprint density at radius 1 is 1.08 bits per heavy atom. The van der Waals surface area contributed by atoms with Gasteiger partial charge in [-0.1, -0.05) is 45.7 Å². The molecule has 0 N–H and O–H groups in total. The summed E-state index contributed by atoms with van der Waals surface area (Å²) >= 11 is 3.41. The van der Waals surface area contributed by atoms with E-state index in [1.54, 1.807) is 0 Å². The molecule has 0 saturated heterocycles. The first-order chi connectivity index (χ1) is 5.77. The minimum absolute atomic E-state index is 0.828. The van der Waals surface area contributed by atoms with E-state index in [0.717, 1.165) is 15.3 Å². The molecule has 0 amide bonds. The molecule has 0 atom stereocenters. The fourth-order valence-corrected chi connectivity index (χ4v) is 1.63. The molecule has 2 aromatic rings. The molecule has 2 aromatic carbocycles. The normalized spacial score (nSPS) is 10.4. The van der Waals surface area contributed by atoms with Gasteiger partial charge in [0.1, 0.15) is 7.85 Å². The van der Waals surface area contributed by atoms with E-state index in [1.807, 2.05) is 24.3 Å². The molecule has 0 aromatic heterocycles. The van der Waals surface area contributed by atoms with Gasteiger partial charge in [0.2, 0.25) is 0 Å². The first-order valence-corrected chi connectivity index (χ1v) is 4.50. The second-order valence-electron chi connectivity index (χ2n) is 2.71. The van der Waals surface area contributed by atoms with E-state index in [2.05, 4.69) is 28.1 Å². The summed E-state index contributed by atoms with van der Waals surface area (Å²) in [6.07, 6.45) is 0. The Labute approximate surface area is 81.1 Å². The number of hydrogen-bond acceptors (Lipinski definition) is 0. The van der Waals surface area contributed by atoms with Crippen molar-refractivity contribution in [2.45, 2.75) is 0 Å². The quantitative estimate of drug-likeness (QED) is 0.594. The van der Waals surface area contributed by atoms with Crippen LogP contribution in [0.5, 0.6) is 0 Å². The molecule has 0 bridgehead atoms. The maximum Gasteiger partial charge on any atom is 0.114 e. The van der Waals surface area contributed by atoms with Crippen LogP contribution >= 0.6 is 15.9 Å². The van der Waals surface area contributed by atoms with Crippen LogP contribution in [0.25, 0.3) is 10.8 Å². The number of rotatable bonds is 0. The zero-order valence-electron chi connectivity index (χ0n) is 6.42. The maximum atomic E-state index is 5.80. The average molecular weight is 217 g/mol. The summed E-state index contributed by atoms with van der Waals surface area (Å²) in [6.45, 7) is 0. The van der Waals surface area contributed by atoms with E-state index >= 15 is 0 Å². The topological polar surface area (TPSA) is 0 Å². The van der Waals surface area contributed by atoms with Gasteiger partial charge in [-0.05, 0) is 22.9 Å². The third-order valence-electron chi connectivity index (χ3n) is 1.88. The third kappa shape index (κ3) is 1.27. The highest BCUT2D eigenvalue weighted by molar-refractivity contribution is 9.10. The highest BCUT2D eigenvalue weighted by Gasteiger charge is 1.95. The van der Waals surface area contributed by atoms with Crippen molar-refractivity contribution in [1.29, 1.82) is 0 Å². The van der Waals surface area contributed by atoms with Crippen LogP contribution in [0, 0.1) is 0 Å². The van der Waals surface area contributed by atoms with Gasteiger partial charge in [0, 0.05) is 4.47 Å². The number of benzene rings is 2. The second kappa shape index (κ2) is 2.94. The fraction of sp³-hybridized carbons (Fsp3) is 0. The van der Waals surface area contributed by atoms with E-state index in [4.69, 9.17) is 7.85 Å². The van der Waals surface area contributed by atoms with Gasteiger partial charge in [0.05, 0.1) is 0 Å². The molecule has 0 saturated carbocycles. The van der Waals surface area contributed by atoms with Crippen molar-refractivity contribution in [3.63, 3.8) is 0 Å². The highest BCUT2D eigenvalue weighted by Crippen LogP contribution is 2.17. The lowest BCUT2D eigenvalue weighted by Gasteiger charge is -2.01. The average Bonchev–Trinajstić information content (AvgIpc) is 2.07. The summed E-state index contributed by atoms with van der Waals surface area (Å²) in [6, 6.07) is 12.0. The van der Waals surface area contributed by atoms with Gasteiger partial charge in [0.25, 0.3) is 0 Å². The van der Waals surface area contributed by atoms with Crippen LogP contribution in [0.3, 0.4) is 0 Å². The molecular weight excluding hydrogens is 211 g/mol. The summed E-state index contributed by atoms with van der Waals surface area (Å²) in [4.78, 5) is 0. The predicted molar refractivity (Wildman–Crippen MR) is 57.0 cm³/mol. The van der Waals surface area contributed by atoms with Gasteiger partial charge in [-0.25, -0.2) is 0 Å². The van der Waals surface area contributed by atoms with Crippen LogP contribution < -0.4 is 5.46 Å². The van der Waals surface area contributed by atoms with Gasteiger partial charge in [-0.15, -0.1) is 0 Å². The zero-order valence-corrected chi connectivity index (χ0v) is 8.01. The first kappa shape index (κ1) is 7.87. The van der Waals surface area contributed by atoms with Crippen molar-refractivity contribution in [3.8, 4) is 0 Å². The molecule has 2 radical (unpaired) electrons. The molecule has 12 heavy (non-hydrogen) atoms. The lowest BCUT2D eigenvalue weighted by molar-refractivity contribution is 1.73. The monoisotopic (exact) mass is 216 g/mol. The number of halogens is 1. The van der Waals surface area contributed by atoms with Gasteiger partial charge in [-0.2, -0.15) is 0 Å². The molecule has 2 rings (SSSR count). The maximum absolute atomic E-state index is 5.80. The fourth-order valence-electron chi connectivity index (χ4n) is 1.27. The Bertz CT molecular complexity index is 423. The molecular formula is C10H6BBr. The van der Waals surface area contributed by atoms with Crippen molar-refractivity contribution in [2.24, 2.45) is 0 Å². The smallest absolute Gasteiger partial charge is 0.0889 e. The van der Waals surface area contributed by atoms with E-state index in [1.165, 1.54) is 5.39 Å². The van der Waals surface area contributed by atoms with Crippen LogP contribution in [0.1, 0.15) is 0 Å². The zero-order chi connectivity index (χ0) is 8.55. The van der Waals surface area contributed by atoms with E-state index in [-0.39, 0.29) is 0 Å². The first-order valence-electron chi connectivity index (χ1n) is 3.71. The summed E-state index contributed by atoms with van der Waals surface area (Å²) in [5.74, 6) is 0. The molecule has 2 heteroatoms. The molecule has 0 aliphatic carbocycles. The summed E-state index contributed by atoms with van der Waals surface area (Å²) < 4.78 is 1.06. The van der Waals surface area contributed by atoms with Crippen LogP contribution in [-0.4, -0.2) is 7.85 Å². The van der Waals surface area contributed by atoms with Crippen LogP contribution in [-0.2, 0) is 0 Å². The lowest BCUT2D eigenvalue weighted by Crippen LogP contribution is -2.02. The minimum atomic E-state index is 0.828. The Hall–Kier alpha value is -0.755. The SMILES string of the molecule is [B]c1cccc2ccc(Br)cc12. The molecule has 56 valence electrons. The van der Waals surface area contributed by atoms with Crippen LogP contribution in [0.4, 0.5) is 0 Å². The van der Waals surface area contributed by atoms with Crippen LogP contribution in [0.2, 0.25) is 0 Å². The van der Waals surface area contributed by atoms with Crippen molar-refractivity contribution in [2.75, 3.05) is 0 Å². The molecule has 0 aliphatic rings. The minimum Gasteiger partial charge on any atom is -0.0889 e. The Morgan fingerprint density at radius 3 is 2.75 bits per heavy atom. The van der Waals surface area contributed by atoms with Gasteiger partial charge in [0.15, 0.2) is 0 Å². The summed E-state index contributed by atoms with van der Waals surface area (Å²) in [5, 5.41) is 2.28. The molecule has 0 nitrogen and oxygen atoms in total. The van der Waals surface area contributed by atoms with Gasteiger partial charge >= 0.3 is 0 Å². The van der Waals surface area contributed by atoms with E-state index in [0.29, 0.717) is 0 Å².